The van der Waals surface area contributed by atoms with Crippen molar-refractivity contribution in [1.82, 2.24) is 14.5 Å². The van der Waals surface area contributed by atoms with E-state index in [1.54, 1.807) is 0 Å². The van der Waals surface area contributed by atoms with Crippen LogP contribution in [0.5, 0.6) is 0 Å². The van der Waals surface area contributed by atoms with Gasteiger partial charge >= 0.3 is 0 Å². The summed E-state index contributed by atoms with van der Waals surface area (Å²) in [5, 5.41) is 0.771. The summed E-state index contributed by atoms with van der Waals surface area (Å²) in [5.41, 5.74) is 2.60. The number of benzene rings is 2. The number of sulfonamides is 1. The Labute approximate surface area is 204 Å². The molecular weight excluding hydrogens is 454 g/mol. The average molecular weight is 490 g/mol. The van der Waals surface area contributed by atoms with E-state index in [1.807, 2.05) is 12.1 Å². The van der Waals surface area contributed by atoms with E-state index < -0.39 is 10.0 Å². The molecule has 2 aromatic carbocycles. The van der Waals surface area contributed by atoms with Gasteiger partial charge in [0.25, 0.3) is 0 Å². The fourth-order valence-electron chi connectivity index (χ4n) is 4.63. The van der Waals surface area contributed by atoms with Crippen molar-refractivity contribution in [2.45, 2.75) is 50.6 Å². The molecule has 0 amide bonds. The number of hydrogen-bond acceptors (Lipinski definition) is 4. The Morgan fingerprint density at radius 1 is 0.848 bits per heavy atom. The maximum atomic E-state index is 11.9. The summed E-state index contributed by atoms with van der Waals surface area (Å²) >= 11 is 6.14. The van der Waals surface area contributed by atoms with Gasteiger partial charge in [-0.05, 0) is 55.5 Å². The Balaban J connectivity index is 1.20. The Kier molecular flexibility index (Phi) is 8.83. The molecule has 2 aliphatic rings. The summed E-state index contributed by atoms with van der Waals surface area (Å²) in [5.74, 6) is 0.272. The SMILES string of the molecule is O=S(=O)(CCCCCCN1CCN(C(c2ccccc2)c2ccc(Cl)cc2)CC1)NC1CC1. The van der Waals surface area contributed by atoms with Crippen LogP contribution in [0, 0.1) is 0 Å². The van der Waals surface area contributed by atoms with E-state index in [9.17, 15) is 8.42 Å². The number of piperazine rings is 1. The van der Waals surface area contributed by atoms with Crippen LogP contribution in [0.3, 0.4) is 0 Å². The molecule has 5 nitrogen and oxygen atoms in total. The van der Waals surface area contributed by atoms with E-state index in [1.165, 1.54) is 11.1 Å². The first-order valence-corrected chi connectivity index (χ1v) is 14.3. The van der Waals surface area contributed by atoms with Crippen LogP contribution in [0.1, 0.15) is 55.7 Å². The molecule has 1 heterocycles. The van der Waals surface area contributed by atoms with Crippen LogP contribution in [0.25, 0.3) is 0 Å². The van der Waals surface area contributed by atoms with Crippen molar-refractivity contribution in [3.63, 3.8) is 0 Å². The molecule has 2 aromatic rings. The summed E-state index contributed by atoms with van der Waals surface area (Å²) < 4.78 is 26.6. The van der Waals surface area contributed by atoms with Crippen LogP contribution in [0.15, 0.2) is 54.6 Å². The van der Waals surface area contributed by atoms with Gasteiger partial charge in [0.15, 0.2) is 0 Å². The van der Waals surface area contributed by atoms with Crippen LogP contribution in [-0.4, -0.2) is 62.7 Å². The second-order valence-corrected chi connectivity index (χ2v) is 11.7. The number of unbranched alkanes of at least 4 members (excludes halogenated alkanes) is 3. The van der Waals surface area contributed by atoms with Gasteiger partial charge in [0, 0.05) is 37.2 Å². The minimum absolute atomic E-state index is 0.217. The molecule has 0 aromatic heterocycles. The van der Waals surface area contributed by atoms with E-state index in [2.05, 4.69) is 57.0 Å². The maximum Gasteiger partial charge on any atom is 0.211 e. The van der Waals surface area contributed by atoms with Crippen molar-refractivity contribution in [3.8, 4) is 0 Å². The molecule has 0 radical (unpaired) electrons. The Hall–Kier alpha value is -1.44. The second-order valence-electron chi connectivity index (χ2n) is 9.37. The number of hydrogen-bond donors (Lipinski definition) is 1. The lowest BCUT2D eigenvalue weighted by Crippen LogP contribution is -2.48. The van der Waals surface area contributed by atoms with Gasteiger partial charge in [-0.25, -0.2) is 13.1 Å². The van der Waals surface area contributed by atoms with E-state index in [-0.39, 0.29) is 17.8 Å². The topological polar surface area (TPSA) is 52.7 Å². The third-order valence-electron chi connectivity index (χ3n) is 6.63. The van der Waals surface area contributed by atoms with Gasteiger partial charge in [-0.3, -0.25) is 4.90 Å². The predicted molar refractivity (Wildman–Crippen MR) is 136 cm³/mol. The first kappa shape index (κ1) is 24.7. The Morgan fingerprint density at radius 2 is 1.48 bits per heavy atom. The quantitative estimate of drug-likeness (QED) is 0.439. The molecule has 1 unspecified atom stereocenters. The van der Waals surface area contributed by atoms with Crippen LogP contribution in [0.4, 0.5) is 0 Å². The predicted octanol–water partition coefficient (Wildman–Crippen LogP) is 4.69. The van der Waals surface area contributed by atoms with Gasteiger partial charge in [-0.15, -0.1) is 0 Å². The number of nitrogens with zero attached hydrogens (tertiary/aromatic N) is 2. The summed E-state index contributed by atoms with van der Waals surface area (Å²) in [7, 11) is -3.06. The molecule has 1 saturated carbocycles. The highest BCUT2D eigenvalue weighted by molar-refractivity contribution is 7.89. The molecule has 2 fully saturated rings. The molecule has 0 spiro atoms. The van der Waals surface area contributed by atoms with E-state index >= 15 is 0 Å². The highest BCUT2D eigenvalue weighted by Crippen LogP contribution is 2.30. The lowest BCUT2D eigenvalue weighted by atomic mass is 9.96. The summed E-state index contributed by atoms with van der Waals surface area (Å²) in [4.78, 5) is 5.12. The fraction of sp³-hybridized carbons (Fsp3) is 0.538. The van der Waals surface area contributed by atoms with Gasteiger partial charge in [-0.2, -0.15) is 0 Å². The zero-order valence-corrected chi connectivity index (χ0v) is 20.9. The lowest BCUT2D eigenvalue weighted by molar-refractivity contribution is 0.108. The van der Waals surface area contributed by atoms with Gasteiger partial charge in [0.2, 0.25) is 10.0 Å². The zero-order valence-electron chi connectivity index (χ0n) is 19.3. The maximum absolute atomic E-state index is 11.9. The normalized spacial score (nSPS) is 18.9. The first-order chi connectivity index (χ1) is 16.0. The van der Waals surface area contributed by atoms with E-state index in [0.29, 0.717) is 0 Å². The number of halogens is 1. The van der Waals surface area contributed by atoms with Gasteiger partial charge in [-0.1, -0.05) is 66.9 Å². The number of rotatable bonds is 12. The smallest absolute Gasteiger partial charge is 0.211 e. The molecule has 1 aliphatic heterocycles. The molecule has 4 rings (SSSR count). The molecule has 7 heteroatoms. The van der Waals surface area contributed by atoms with Crippen molar-refractivity contribution in [1.29, 1.82) is 0 Å². The lowest BCUT2D eigenvalue weighted by Gasteiger charge is -2.40. The van der Waals surface area contributed by atoms with Crippen molar-refractivity contribution in [3.05, 3.63) is 70.7 Å². The third kappa shape index (κ3) is 7.79. The standard InChI is InChI=1S/C26H36ClN3O2S/c27-24-12-10-23(11-13-24)26(22-8-4-3-5-9-22)30-19-17-29(18-20-30)16-6-1-2-7-21-33(31,32)28-25-14-15-25/h3-5,8-13,25-26,28H,1-2,6-7,14-21H2. The minimum Gasteiger partial charge on any atom is -0.301 e. The van der Waals surface area contributed by atoms with Crippen molar-refractivity contribution < 1.29 is 8.42 Å². The summed E-state index contributed by atoms with van der Waals surface area (Å²) in [6.45, 7) is 5.30. The van der Waals surface area contributed by atoms with Gasteiger partial charge < -0.3 is 4.90 Å². The van der Waals surface area contributed by atoms with Crippen LogP contribution >= 0.6 is 11.6 Å². The van der Waals surface area contributed by atoms with Crippen LogP contribution in [-0.2, 0) is 10.0 Å². The molecular formula is C26H36ClN3O2S. The Morgan fingerprint density at radius 3 is 2.15 bits per heavy atom. The third-order valence-corrected chi connectivity index (χ3v) is 8.40. The van der Waals surface area contributed by atoms with Gasteiger partial charge in [0.05, 0.1) is 11.8 Å². The van der Waals surface area contributed by atoms with Crippen molar-refractivity contribution in [2.75, 3.05) is 38.5 Å². The minimum atomic E-state index is -3.06. The summed E-state index contributed by atoms with van der Waals surface area (Å²) in [6, 6.07) is 19.4. The van der Waals surface area contributed by atoms with Crippen molar-refractivity contribution >= 4 is 21.6 Å². The molecule has 1 saturated heterocycles. The first-order valence-electron chi connectivity index (χ1n) is 12.3. The molecule has 180 valence electrons. The molecule has 1 aliphatic carbocycles. The highest BCUT2D eigenvalue weighted by Gasteiger charge is 2.27. The van der Waals surface area contributed by atoms with E-state index in [0.717, 1.165) is 76.3 Å². The molecule has 33 heavy (non-hydrogen) atoms. The monoisotopic (exact) mass is 489 g/mol. The summed E-state index contributed by atoms with van der Waals surface area (Å²) in [6.07, 6.45) is 5.97. The average Bonchev–Trinajstić information content (AvgIpc) is 3.62. The van der Waals surface area contributed by atoms with Crippen LogP contribution in [0.2, 0.25) is 5.02 Å². The van der Waals surface area contributed by atoms with Gasteiger partial charge in [0.1, 0.15) is 0 Å². The highest BCUT2D eigenvalue weighted by atomic mass is 35.5. The second kappa shape index (κ2) is 11.8. The molecule has 1 N–H and O–H groups in total. The van der Waals surface area contributed by atoms with Crippen LogP contribution < -0.4 is 4.72 Å². The zero-order chi connectivity index (χ0) is 23.1. The van der Waals surface area contributed by atoms with Crippen molar-refractivity contribution in [2.24, 2.45) is 0 Å². The van der Waals surface area contributed by atoms with E-state index in [4.69, 9.17) is 11.6 Å². The molecule has 0 bridgehead atoms. The fourth-order valence-corrected chi connectivity index (χ4v) is 6.21. The Bertz CT molecular complexity index is 957. The molecule has 1 atom stereocenters. The number of nitrogens with one attached hydrogen (secondary N) is 1. The largest absolute Gasteiger partial charge is 0.301 e.